The van der Waals surface area contributed by atoms with E-state index in [0.29, 0.717) is 24.7 Å². The van der Waals surface area contributed by atoms with Crippen molar-refractivity contribution in [1.82, 2.24) is 4.90 Å². The molecular formula is C13H15F3N2. The van der Waals surface area contributed by atoms with E-state index in [1.165, 1.54) is 12.1 Å². The molecule has 3 rings (SSSR count). The van der Waals surface area contributed by atoms with Crippen molar-refractivity contribution in [3.63, 3.8) is 0 Å². The van der Waals surface area contributed by atoms with Gasteiger partial charge >= 0.3 is 6.18 Å². The lowest BCUT2D eigenvalue weighted by atomic mass is 9.99. The van der Waals surface area contributed by atoms with E-state index in [0.717, 1.165) is 18.4 Å². The lowest BCUT2D eigenvalue weighted by Crippen LogP contribution is -2.29. The summed E-state index contributed by atoms with van der Waals surface area (Å²) in [5.41, 5.74) is 6.43. The van der Waals surface area contributed by atoms with Gasteiger partial charge in [0, 0.05) is 25.2 Å². The molecule has 0 amide bonds. The number of alkyl halides is 3. The first-order valence-corrected chi connectivity index (χ1v) is 6.17. The highest BCUT2D eigenvalue weighted by Crippen LogP contribution is 2.45. The van der Waals surface area contributed by atoms with Crippen molar-refractivity contribution in [2.45, 2.75) is 37.6 Å². The van der Waals surface area contributed by atoms with Crippen LogP contribution in [0, 0.1) is 0 Å². The Hall–Kier alpha value is -1.07. The summed E-state index contributed by atoms with van der Waals surface area (Å²) < 4.78 is 38.9. The molecule has 2 aliphatic rings. The van der Waals surface area contributed by atoms with E-state index in [4.69, 9.17) is 5.73 Å². The summed E-state index contributed by atoms with van der Waals surface area (Å²) in [7, 11) is 0. The molecule has 2 nitrogen and oxygen atoms in total. The zero-order valence-corrected chi connectivity index (χ0v) is 9.87. The Morgan fingerprint density at radius 2 is 2.00 bits per heavy atom. The molecule has 1 fully saturated rings. The third kappa shape index (κ3) is 1.82. The third-order valence-electron chi connectivity index (χ3n) is 3.86. The average Bonchev–Trinajstić information content (AvgIpc) is 3.07. The maximum absolute atomic E-state index is 13.0. The Morgan fingerprint density at radius 3 is 2.56 bits per heavy atom. The van der Waals surface area contributed by atoms with Gasteiger partial charge in [-0.15, -0.1) is 0 Å². The lowest BCUT2D eigenvalue weighted by molar-refractivity contribution is -0.138. The van der Waals surface area contributed by atoms with E-state index in [2.05, 4.69) is 4.90 Å². The van der Waals surface area contributed by atoms with Gasteiger partial charge in [0.25, 0.3) is 0 Å². The number of hydrogen-bond acceptors (Lipinski definition) is 2. The Kier molecular flexibility index (Phi) is 2.64. The van der Waals surface area contributed by atoms with Crippen LogP contribution in [0.3, 0.4) is 0 Å². The van der Waals surface area contributed by atoms with Crippen LogP contribution in [-0.4, -0.2) is 17.5 Å². The van der Waals surface area contributed by atoms with Crippen LogP contribution in [0.25, 0.3) is 0 Å². The van der Waals surface area contributed by atoms with Gasteiger partial charge in [-0.1, -0.05) is 12.1 Å². The van der Waals surface area contributed by atoms with E-state index >= 15 is 0 Å². The zero-order chi connectivity index (χ0) is 12.9. The normalized spacial score (nSPS) is 24.3. The minimum Gasteiger partial charge on any atom is -0.329 e. The molecule has 18 heavy (non-hydrogen) atoms. The average molecular weight is 256 g/mol. The molecule has 1 unspecified atom stereocenters. The van der Waals surface area contributed by atoms with Crippen LogP contribution in [0.1, 0.15) is 35.6 Å². The molecule has 0 bridgehead atoms. The number of hydrogen-bond donors (Lipinski definition) is 1. The van der Waals surface area contributed by atoms with Crippen molar-refractivity contribution in [3.8, 4) is 0 Å². The summed E-state index contributed by atoms with van der Waals surface area (Å²) in [6.45, 7) is 0.766. The SMILES string of the molecule is NCC1c2cccc(C(F)(F)F)c2CN1C1CC1. The number of rotatable bonds is 2. The first-order valence-electron chi connectivity index (χ1n) is 6.17. The van der Waals surface area contributed by atoms with Gasteiger partial charge in [-0.2, -0.15) is 13.2 Å². The smallest absolute Gasteiger partial charge is 0.329 e. The van der Waals surface area contributed by atoms with Crippen molar-refractivity contribution in [2.75, 3.05) is 6.54 Å². The quantitative estimate of drug-likeness (QED) is 0.881. The minimum absolute atomic E-state index is 0.0465. The van der Waals surface area contributed by atoms with Gasteiger partial charge < -0.3 is 5.73 Å². The van der Waals surface area contributed by atoms with E-state index in [1.807, 2.05) is 0 Å². The highest BCUT2D eigenvalue weighted by molar-refractivity contribution is 5.42. The van der Waals surface area contributed by atoms with Gasteiger partial charge in [0.15, 0.2) is 0 Å². The third-order valence-corrected chi connectivity index (χ3v) is 3.86. The highest BCUT2D eigenvalue weighted by atomic mass is 19.4. The minimum atomic E-state index is -4.27. The fraction of sp³-hybridized carbons (Fsp3) is 0.538. The molecule has 1 aromatic carbocycles. The predicted octanol–water partition coefficient (Wildman–Crippen LogP) is 2.68. The highest BCUT2D eigenvalue weighted by Gasteiger charge is 2.43. The molecule has 1 aliphatic carbocycles. The molecule has 2 N–H and O–H groups in total. The van der Waals surface area contributed by atoms with Gasteiger partial charge in [-0.3, -0.25) is 4.90 Å². The van der Waals surface area contributed by atoms with Crippen LogP contribution in [0.4, 0.5) is 13.2 Å². The number of nitrogens with zero attached hydrogens (tertiary/aromatic N) is 1. The van der Waals surface area contributed by atoms with Gasteiger partial charge in [-0.05, 0) is 30.0 Å². The van der Waals surface area contributed by atoms with Crippen LogP contribution in [-0.2, 0) is 12.7 Å². The summed E-state index contributed by atoms with van der Waals surface area (Å²) in [6, 6.07) is 4.82. The monoisotopic (exact) mass is 256 g/mol. The Bertz CT molecular complexity index is 466. The summed E-state index contributed by atoms with van der Waals surface area (Å²) in [5, 5.41) is 0. The zero-order valence-electron chi connectivity index (χ0n) is 9.87. The first-order chi connectivity index (χ1) is 8.52. The summed E-state index contributed by atoms with van der Waals surface area (Å²) in [4.78, 5) is 2.12. The second-order valence-corrected chi connectivity index (χ2v) is 5.03. The fourth-order valence-electron chi connectivity index (χ4n) is 2.88. The van der Waals surface area contributed by atoms with Crippen molar-refractivity contribution in [2.24, 2.45) is 5.73 Å². The molecule has 0 spiro atoms. The topological polar surface area (TPSA) is 29.3 Å². The molecule has 1 aromatic rings. The van der Waals surface area contributed by atoms with Gasteiger partial charge in [0.1, 0.15) is 0 Å². The van der Waals surface area contributed by atoms with E-state index < -0.39 is 11.7 Å². The van der Waals surface area contributed by atoms with Crippen molar-refractivity contribution in [3.05, 3.63) is 34.9 Å². The number of fused-ring (bicyclic) bond motifs is 1. The van der Waals surface area contributed by atoms with Crippen molar-refractivity contribution >= 4 is 0 Å². The van der Waals surface area contributed by atoms with Crippen molar-refractivity contribution in [1.29, 1.82) is 0 Å². The summed E-state index contributed by atoms with van der Waals surface area (Å²) in [5.74, 6) is 0. The lowest BCUT2D eigenvalue weighted by Gasteiger charge is -2.23. The molecule has 0 aromatic heterocycles. The molecule has 0 saturated heterocycles. The van der Waals surface area contributed by atoms with E-state index in [1.54, 1.807) is 6.07 Å². The van der Waals surface area contributed by atoms with Gasteiger partial charge in [0.05, 0.1) is 5.56 Å². The molecule has 98 valence electrons. The molecule has 1 heterocycles. The van der Waals surface area contributed by atoms with Crippen LogP contribution in [0.5, 0.6) is 0 Å². The van der Waals surface area contributed by atoms with E-state index in [-0.39, 0.29) is 6.04 Å². The molecule has 0 radical (unpaired) electrons. The number of nitrogens with two attached hydrogens (primary N) is 1. The molecular weight excluding hydrogens is 241 g/mol. The molecule has 5 heteroatoms. The Morgan fingerprint density at radius 1 is 1.28 bits per heavy atom. The molecule has 1 saturated carbocycles. The second kappa shape index (κ2) is 3.96. The standard InChI is InChI=1S/C13H15F3N2/c14-13(15,16)11-3-1-2-9-10(11)7-18(8-4-5-8)12(9)6-17/h1-3,8,12H,4-7,17H2. The summed E-state index contributed by atoms with van der Waals surface area (Å²) in [6.07, 6.45) is -2.12. The molecule has 1 atom stereocenters. The van der Waals surface area contributed by atoms with E-state index in [9.17, 15) is 13.2 Å². The first kappa shape index (κ1) is 12.0. The van der Waals surface area contributed by atoms with Crippen LogP contribution < -0.4 is 5.73 Å². The Labute approximate surface area is 104 Å². The second-order valence-electron chi connectivity index (χ2n) is 5.03. The summed E-state index contributed by atoms with van der Waals surface area (Å²) >= 11 is 0. The van der Waals surface area contributed by atoms with Gasteiger partial charge in [0.2, 0.25) is 0 Å². The van der Waals surface area contributed by atoms with Crippen LogP contribution >= 0.6 is 0 Å². The largest absolute Gasteiger partial charge is 0.416 e. The van der Waals surface area contributed by atoms with Crippen molar-refractivity contribution < 1.29 is 13.2 Å². The number of halogens is 3. The Balaban J connectivity index is 2.04. The number of benzene rings is 1. The maximum Gasteiger partial charge on any atom is 0.416 e. The van der Waals surface area contributed by atoms with Crippen LogP contribution in [0.2, 0.25) is 0 Å². The van der Waals surface area contributed by atoms with Gasteiger partial charge in [-0.25, -0.2) is 0 Å². The fourth-order valence-corrected chi connectivity index (χ4v) is 2.88. The predicted molar refractivity (Wildman–Crippen MR) is 61.8 cm³/mol. The van der Waals surface area contributed by atoms with Crippen LogP contribution in [0.15, 0.2) is 18.2 Å². The maximum atomic E-state index is 13.0. The molecule has 1 aliphatic heterocycles.